The van der Waals surface area contributed by atoms with Gasteiger partial charge in [-0.2, -0.15) is 0 Å². The first-order valence-electron chi connectivity index (χ1n) is 17.1. The van der Waals surface area contributed by atoms with E-state index in [0.29, 0.717) is 12.8 Å². The third kappa shape index (κ3) is 9.51. The Bertz CT molecular complexity index is 1110. The van der Waals surface area contributed by atoms with Crippen LogP contribution in [-0.2, 0) is 52.2 Å². The molecule has 4 aliphatic rings. The molecule has 0 aromatic carbocycles. The van der Waals surface area contributed by atoms with Crippen LogP contribution in [0.1, 0.15) is 54.4 Å². The van der Waals surface area contributed by atoms with Crippen molar-refractivity contribution < 1.29 is 62.4 Å². The Morgan fingerprint density at radius 1 is 0.771 bits per heavy atom. The second kappa shape index (κ2) is 17.4. The van der Waals surface area contributed by atoms with Crippen LogP contribution in [0.25, 0.3) is 0 Å². The quantitative estimate of drug-likeness (QED) is 0.284. The van der Waals surface area contributed by atoms with Crippen molar-refractivity contribution in [1.82, 2.24) is 0 Å². The molecule has 0 radical (unpaired) electrons. The number of hydrogen-bond acceptors (Lipinski definition) is 13. The number of rotatable bonds is 8. The summed E-state index contributed by atoms with van der Waals surface area (Å²) >= 11 is 0. The SMILES string of the molecule is CO[C@@H]1[C@H](O)[C@@H](C)O[C@@H](OC[C@H]2[C@@H]3O[C@H]3/C=C/C(=O)[C@H](C)C[C@H](C)C(O[C@@H]3O[C@H](C)C[C@H](OC)[C@H]3O)[C@@H](C)/C=C/C(=O)O[C@@H]2C)[C@@H]1OC. The molecular weight excluding hydrogens is 628 g/mol. The van der Waals surface area contributed by atoms with E-state index in [-0.39, 0.29) is 48.5 Å². The van der Waals surface area contributed by atoms with Crippen LogP contribution in [0.3, 0.4) is 0 Å². The number of carbonyl (C=O) groups is 2. The largest absolute Gasteiger partial charge is 0.459 e. The Labute approximate surface area is 284 Å². The average Bonchev–Trinajstić information content (AvgIpc) is 3.82. The minimum atomic E-state index is -1.000. The maximum absolute atomic E-state index is 13.2. The van der Waals surface area contributed by atoms with Crippen LogP contribution in [0, 0.1) is 23.7 Å². The van der Waals surface area contributed by atoms with Gasteiger partial charge in [0.05, 0.1) is 37.1 Å². The number of hydrogen-bond donors (Lipinski definition) is 2. The second-order valence-electron chi connectivity index (χ2n) is 13.8. The fraction of sp³-hybridized carbons (Fsp3) is 0.829. The molecule has 0 bridgehead atoms. The van der Waals surface area contributed by atoms with Crippen molar-refractivity contribution >= 4 is 11.8 Å². The molecule has 17 atom stereocenters. The van der Waals surface area contributed by atoms with E-state index in [1.165, 1.54) is 20.3 Å². The van der Waals surface area contributed by atoms with Crippen LogP contribution in [0.4, 0.5) is 0 Å². The molecule has 0 aliphatic carbocycles. The topological polar surface area (TPSA) is 161 Å². The highest BCUT2D eigenvalue weighted by Gasteiger charge is 2.49. The minimum Gasteiger partial charge on any atom is -0.459 e. The van der Waals surface area contributed by atoms with Gasteiger partial charge in [-0.15, -0.1) is 0 Å². The van der Waals surface area contributed by atoms with Gasteiger partial charge in [0.25, 0.3) is 0 Å². The summed E-state index contributed by atoms with van der Waals surface area (Å²) in [6.07, 6.45) is -0.727. The summed E-state index contributed by atoms with van der Waals surface area (Å²) in [7, 11) is 4.53. The number of carbonyl (C=O) groups excluding carboxylic acids is 2. The van der Waals surface area contributed by atoms with Crippen LogP contribution in [-0.4, -0.2) is 130 Å². The van der Waals surface area contributed by atoms with Crippen molar-refractivity contribution in [3.8, 4) is 0 Å². The van der Waals surface area contributed by atoms with Crippen LogP contribution in [0.15, 0.2) is 24.3 Å². The normalized spacial score (nSPS) is 47.5. The lowest BCUT2D eigenvalue weighted by Crippen LogP contribution is -2.59. The summed E-state index contributed by atoms with van der Waals surface area (Å²) < 4.78 is 52.9. The lowest BCUT2D eigenvalue weighted by atomic mass is 9.84. The van der Waals surface area contributed by atoms with E-state index in [2.05, 4.69) is 0 Å². The number of aliphatic hydroxyl groups excluding tert-OH is 2. The standard InChI is InChI=1S/C35H56O13/c1-17-10-13-27(37)45-21(5)23(16-43-35-33(42-9)32(41-8)28(38)22(6)46-35)31-25(47-31)12-11-24(36)18(2)14-19(3)30(17)48-34-29(39)26(40-7)15-20(4)44-34/h10-13,17-23,25-26,28-35,38-39H,14-16H2,1-9H3/b12-11+,13-10+/t17-,18+,19-,20+,21+,22+,23+,25-,26-,28+,29+,30?,31-,32+,33+,34-,35+/m0/s1. The summed E-state index contributed by atoms with van der Waals surface area (Å²) in [5, 5.41) is 21.5. The molecule has 0 amide bonds. The summed E-state index contributed by atoms with van der Waals surface area (Å²) in [5.74, 6) is -1.78. The minimum absolute atomic E-state index is 0.0452. The fourth-order valence-electron chi connectivity index (χ4n) is 7.08. The van der Waals surface area contributed by atoms with Gasteiger partial charge >= 0.3 is 5.97 Å². The molecule has 1 unspecified atom stereocenters. The Balaban J connectivity index is 1.52. The number of cyclic esters (lactones) is 1. The lowest BCUT2D eigenvalue weighted by Gasteiger charge is -2.42. The molecule has 0 aromatic heterocycles. The van der Waals surface area contributed by atoms with Gasteiger partial charge in [-0.1, -0.05) is 26.8 Å². The zero-order valence-corrected chi connectivity index (χ0v) is 29.6. The van der Waals surface area contributed by atoms with Gasteiger partial charge in [0, 0.05) is 51.6 Å². The van der Waals surface area contributed by atoms with Crippen molar-refractivity contribution in [2.24, 2.45) is 23.7 Å². The van der Waals surface area contributed by atoms with Crippen LogP contribution >= 0.6 is 0 Å². The summed E-state index contributed by atoms with van der Waals surface area (Å²) in [6.45, 7) is 11.3. The first kappa shape index (κ1) is 39.0. The molecule has 0 saturated carbocycles. The Morgan fingerprint density at radius 2 is 1.48 bits per heavy atom. The van der Waals surface area contributed by atoms with Crippen molar-refractivity contribution in [3.05, 3.63) is 24.3 Å². The summed E-state index contributed by atoms with van der Waals surface area (Å²) in [4.78, 5) is 26.4. The first-order valence-corrected chi connectivity index (χ1v) is 17.1. The number of allylic oxidation sites excluding steroid dienone is 1. The second-order valence-corrected chi connectivity index (χ2v) is 13.8. The predicted molar refractivity (Wildman–Crippen MR) is 172 cm³/mol. The highest BCUT2D eigenvalue weighted by atomic mass is 16.7. The van der Waals surface area contributed by atoms with Gasteiger partial charge < -0.3 is 52.8 Å². The molecule has 2 N–H and O–H groups in total. The monoisotopic (exact) mass is 684 g/mol. The molecule has 0 spiro atoms. The number of methoxy groups -OCH3 is 3. The maximum atomic E-state index is 13.2. The van der Waals surface area contributed by atoms with Crippen molar-refractivity contribution in [2.75, 3.05) is 27.9 Å². The fourth-order valence-corrected chi connectivity index (χ4v) is 7.08. The third-order valence-corrected chi connectivity index (χ3v) is 10.1. The van der Waals surface area contributed by atoms with Crippen molar-refractivity contribution in [3.63, 3.8) is 0 Å². The summed E-state index contributed by atoms with van der Waals surface area (Å²) in [6, 6.07) is 0. The van der Waals surface area contributed by atoms with Crippen LogP contribution in [0.5, 0.6) is 0 Å². The molecule has 3 fully saturated rings. The molecule has 13 nitrogen and oxygen atoms in total. The highest BCUT2D eigenvalue weighted by Crippen LogP contribution is 2.36. The highest BCUT2D eigenvalue weighted by molar-refractivity contribution is 5.91. The average molecular weight is 685 g/mol. The Hall–Kier alpha value is -1.78. The van der Waals surface area contributed by atoms with E-state index in [1.807, 2.05) is 27.7 Å². The van der Waals surface area contributed by atoms with Gasteiger partial charge in [-0.3, -0.25) is 4.79 Å². The van der Waals surface area contributed by atoms with Gasteiger partial charge in [0.2, 0.25) is 0 Å². The number of esters is 1. The maximum Gasteiger partial charge on any atom is 0.330 e. The predicted octanol–water partition coefficient (Wildman–Crippen LogP) is 2.34. The van der Waals surface area contributed by atoms with Gasteiger partial charge in [0.1, 0.15) is 36.6 Å². The lowest BCUT2D eigenvalue weighted by molar-refractivity contribution is -0.305. The molecule has 4 rings (SSSR count). The number of ketones is 1. The molecule has 3 saturated heterocycles. The molecule has 4 heterocycles. The molecule has 48 heavy (non-hydrogen) atoms. The molecule has 13 heteroatoms. The molecule has 4 aliphatic heterocycles. The zero-order valence-electron chi connectivity index (χ0n) is 29.6. The van der Waals surface area contributed by atoms with E-state index in [4.69, 9.17) is 42.6 Å². The van der Waals surface area contributed by atoms with Crippen molar-refractivity contribution in [2.45, 2.75) is 134 Å². The van der Waals surface area contributed by atoms with Crippen molar-refractivity contribution in [1.29, 1.82) is 0 Å². The Morgan fingerprint density at radius 3 is 2.15 bits per heavy atom. The number of aliphatic hydroxyl groups is 2. The van der Waals surface area contributed by atoms with E-state index in [1.54, 1.807) is 39.2 Å². The van der Waals surface area contributed by atoms with E-state index >= 15 is 0 Å². The number of fused-ring (bicyclic) bond motifs is 1. The Kier molecular flexibility index (Phi) is 14.2. The number of epoxide rings is 1. The smallest absolute Gasteiger partial charge is 0.330 e. The summed E-state index contributed by atoms with van der Waals surface area (Å²) in [5.41, 5.74) is 0. The molecular formula is C35H56O13. The third-order valence-electron chi connectivity index (χ3n) is 10.1. The van der Waals surface area contributed by atoms with E-state index in [0.717, 1.165) is 0 Å². The molecule has 0 aromatic rings. The van der Waals surface area contributed by atoms with Gasteiger partial charge in [0.15, 0.2) is 18.4 Å². The van der Waals surface area contributed by atoms with E-state index in [9.17, 15) is 19.8 Å². The van der Waals surface area contributed by atoms with Crippen LogP contribution in [0.2, 0.25) is 0 Å². The zero-order chi connectivity index (χ0) is 35.3. The van der Waals surface area contributed by atoms with Gasteiger partial charge in [-0.25, -0.2) is 4.79 Å². The molecule has 274 valence electrons. The number of ether oxygens (including phenoxy) is 9. The van der Waals surface area contributed by atoms with Gasteiger partial charge in [-0.05, 0) is 45.3 Å². The first-order chi connectivity index (χ1) is 22.8. The van der Waals surface area contributed by atoms with E-state index < -0.39 is 73.3 Å². The van der Waals surface area contributed by atoms with Crippen LogP contribution < -0.4 is 0 Å².